The van der Waals surface area contributed by atoms with E-state index in [1.165, 1.54) is 47.1 Å². The molecule has 21 heavy (non-hydrogen) atoms. The van der Waals surface area contributed by atoms with E-state index in [2.05, 4.69) is 49.5 Å². The summed E-state index contributed by atoms with van der Waals surface area (Å²) in [5, 5.41) is 4.42. The zero-order valence-corrected chi connectivity index (χ0v) is 13.5. The zero-order chi connectivity index (χ0) is 14.8. The zero-order valence-electron chi connectivity index (χ0n) is 12.7. The maximum Gasteiger partial charge on any atom is 0.0577 e. The summed E-state index contributed by atoms with van der Waals surface area (Å²) < 4.78 is 0. The lowest BCUT2D eigenvalue weighted by Crippen LogP contribution is -2.22. The Morgan fingerprint density at radius 1 is 1.05 bits per heavy atom. The Balaban J connectivity index is 2.01. The van der Waals surface area contributed by atoms with Gasteiger partial charge in [0, 0.05) is 5.02 Å². The summed E-state index contributed by atoms with van der Waals surface area (Å²) in [4.78, 5) is 0. The molecule has 3 rings (SSSR count). The first kappa shape index (κ1) is 14.6. The van der Waals surface area contributed by atoms with Crippen LogP contribution < -0.4 is 5.32 Å². The summed E-state index contributed by atoms with van der Waals surface area (Å²) in [5.74, 6) is 0. The predicted octanol–water partition coefficient (Wildman–Crippen LogP) is 4.84. The van der Waals surface area contributed by atoms with Crippen molar-refractivity contribution in [1.29, 1.82) is 0 Å². The van der Waals surface area contributed by atoms with Crippen molar-refractivity contribution in [2.24, 2.45) is 0 Å². The molecule has 0 bridgehead atoms. The summed E-state index contributed by atoms with van der Waals surface area (Å²) in [6.45, 7) is 5.19. The van der Waals surface area contributed by atoms with Crippen LogP contribution >= 0.6 is 11.6 Å². The molecular formula is C19H22ClN. The molecule has 1 aliphatic rings. The van der Waals surface area contributed by atoms with Crippen molar-refractivity contribution >= 4 is 11.6 Å². The Kier molecular flexibility index (Phi) is 4.32. The first-order chi connectivity index (χ1) is 10.2. The summed E-state index contributed by atoms with van der Waals surface area (Å²) in [7, 11) is 0. The third-order valence-electron chi connectivity index (χ3n) is 4.26. The van der Waals surface area contributed by atoms with Crippen molar-refractivity contribution in [1.82, 2.24) is 5.32 Å². The van der Waals surface area contributed by atoms with Crippen LogP contribution in [-0.2, 0) is 12.8 Å². The fourth-order valence-corrected chi connectivity index (χ4v) is 3.63. The van der Waals surface area contributed by atoms with Crippen molar-refractivity contribution in [3.05, 3.63) is 69.2 Å². The topological polar surface area (TPSA) is 12.0 Å². The fourth-order valence-electron chi connectivity index (χ4n) is 3.33. The normalized spacial score (nSPS) is 15.0. The molecule has 1 aliphatic carbocycles. The number of halogens is 1. The molecule has 2 aromatic carbocycles. The average Bonchev–Trinajstić information content (AvgIpc) is 2.91. The van der Waals surface area contributed by atoms with E-state index in [0.717, 1.165) is 11.6 Å². The largest absolute Gasteiger partial charge is 0.307 e. The number of rotatable bonds is 4. The Morgan fingerprint density at radius 2 is 1.86 bits per heavy atom. The van der Waals surface area contributed by atoms with E-state index < -0.39 is 0 Å². The predicted molar refractivity (Wildman–Crippen MR) is 90.2 cm³/mol. The highest BCUT2D eigenvalue weighted by Gasteiger charge is 2.17. The third-order valence-corrected chi connectivity index (χ3v) is 4.48. The van der Waals surface area contributed by atoms with Crippen molar-refractivity contribution < 1.29 is 0 Å². The van der Waals surface area contributed by atoms with Gasteiger partial charge in [-0.2, -0.15) is 0 Å². The van der Waals surface area contributed by atoms with E-state index in [-0.39, 0.29) is 6.04 Å². The molecule has 0 saturated heterocycles. The second kappa shape index (κ2) is 6.21. The van der Waals surface area contributed by atoms with Crippen LogP contribution in [0.1, 0.15) is 47.2 Å². The Labute approximate surface area is 132 Å². The first-order valence-electron chi connectivity index (χ1n) is 7.79. The maximum absolute atomic E-state index is 6.25. The molecule has 0 saturated carbocycles. The lowest BCUT2D eigenvalue weighted by Gasteiger charge is -2.21. The Hall–Kier alpha value is -1.31. The molecule has 1 atom stereocenters. The van der Waals surface area contributed by atoms with E-state index in [1.54, 1.807) is 0 Å². The number of benzene rings is 2. The average molecular weight is 300 g/mol. The highest BCUT2D eigenvalue weighted by Crippen LogP contribution is 2.30. The van der Waals surface area contributed by atoms with Crippen LogP contribution in [0.15, 0.2) is 36.4 Å². The van der Waals surface area contributed by atoms with Gasteiger partial charge in [0.25, 0.3) is 0 Å². The van der Waals surface area contributed by atoms with E-state index >= 15 is 0 Å². The van der Waals surface area contributed by atoms with Gasteiger partial charge in [-0.25, -0.2) is 0 Å². The van der Waals surface area contributed by atoms with Gasteiger partial charge < -0.3 is 5.32 Å². The van der Waals surface area contributed by atoms with Gasteiger partial charge in [-0.3, -0.25) is 0 Å². The van der Waals surface area contributed by atoms with Crippen molar-refractivity contribution in [3.63, 3.8) is 0 Å². The minimum Gasteiger partial charge on any atom is -0.307 e. The smallest absolute Gasteiger partial charge is 0.0577 e. The molecule has 2 aromatic rings. The second-order valence-electron chi connectivity index (χ2n) is 5.93. The first-order valence-corrected chi connectivity index (χ1v) is 8.17. The molecule has 1 nitrogen and oxygen atoms in total. The van der Waals surface area contributed by atoms with E-state index in [9.17, 15) is 0 Å². The van der Waals surface area contributed by atoms with Crippen molar-refractivity contribution in [2.75, 3.05) is 6.54 Å². The quantitative estimate of drug-likeness (QED) is 0.852. The highest BCUT2D eigenvalue weighted by molar-refractivity contribution is 6.30. The van der Waals surface area contributed by atoms with Crippen LogP contribution in [0.3, 0.4) is 0 Å². The molecular weight excluding hydrogens is 278 g/mol. The molecule has 0 aliphatic heterocycles. The highest BCUT2D eigenvalue weighted by atomic mass is 35.5. The van der Waals surface area contributed by atoms with Gasteiger partial charge in [0.05, 0.1) is 6.04 Å². The number of fused-ring (bicyclic) bond motifs is 1. The van der Waals surface area contributed by atoms with Crippen LogP contribution in [0.2, 0.25) is 5.02 Å². The van der Waals surface area contributed by atoms with Crippen molar-refractivity contribution in [2.45, 2.75) is 39.2 Å². The molecule has 110 valence electrons. The van der Waals surface area contributed by atoms with Gasteiger partial charge in [-0.05, 0) is 72.7 Å². The molecule has 1 unspecified atom stereocenters. The number of aryl methyl sites for hydroxylation is 3. The lowest BCUT2D eigenvalue weighted by molar-refractivity contribution is 0.630. The van der Waals surface area contributed by atoms with Crippen LogP contribution in [0.25, 0.3) is 0 Å². The Bertz CT molecular complexity index is 628. The number of hydrogen-bond donors (Lipinski definition) is 1. The Morgan fingerprint density at radius 3 is 2.62 bits per heavy atom. The van der Waals surface area contributed by atoms with Crippen LogP contribution in [0, 0.1) is 6.92 Å². The molecule has 0 aromatic heterocycles. The van der Waals surface area contributed by atoms with Crippen LogP contribution in [0.5, 0.6) is 0 Å². The lowest BCUT2D eigenvalue weighted by atomic mass is 9.94. The maximum atomic E-state index is 6.25. The molecule has 1 N–H and O–H groups in total. The van der Waals surface area contributed by atoms with Crippen LogP contribution in [0.4, 0.5) is 0 Å². The van der Waals surface area contributed by atoms with E-state index in [1.807, 2.05) is 6.07 Å². The van der Waals surface area contributed by atoms with Gasteiger partial charge in [-0.15, -0.1) is 0 Å². The van der Waals surface area contributed by atoms with Crippen molar-refractivity contribution in [3.8, 4) is 0 Å². The molecule has 0 amide bonds. The number of hydrogen-bond acceptors (Lipinski definition) is 1. The number of nitrogens with one attached hydrogen (secondary N) is 1. The van der Waals surface area contributed by atoms with Gasteiger partial charge in [0.1, 0.15) is 0 Å². The summed E-state index contributed by atoms with van der Waals surface area (Å²) in [6.07, 6.45) is 3.75. The SMILES string of the molecule is CCNC(c1cc(C)cc(Cl)c1)c1ccc2c(c1)CCC2. The molecule has 0 fully saturated rings. The van der Waals surface area contributed by atoms with Gasteiger partial charge >= 0.3 is 0 Å². The monoisotopic (exact) mass is 299 g/mol. The van der Waals surface area contributed by atoms with Gasteiger partial charge in [0.2, 0.25) is 0 Å². The fraction of sp³-hybridized carbons (Fsp3) is 0.368. The third kappa shape index (κ3) is 3.14. The van der Waals surface area contributed by atoms with Gasteiger partial charge in [0.15, 0.2) is 0 Å². The summed E-state index contributed by atoms with van der Waals surface area (Å²) >= 11 is 6.25. The molecule has 2 heteroatoms. The van der Waals surface area contributed by atoms with E-state index in [4.69, 9.17) is 11.6 Å². The molecule has 0 radical (unpaired) electrons. The minimum atomic E-state index is 0.221. The van der Waals surface area contributed by atoms with Gasteiger partial charge in [-0.1, -0.05) is 42.8 Å². The summed E-state index contributed by atoms with van der Waals surface area (Å²) in [5.41, 5.74) is 6.85. The van der Waals surface area contributed by atoms with E-state index in [0.29, 0.717) is 0 Å². The minimum absolute atomic E-state index is 0.221. The standard InChI is InChI=1S/C19H22ClN/c1-3-21-19(17-9-13(2)10-18(20)12-17)16-8-7-14-5-4-6-15(14)11-16/h7-12,19,21H,3-6H2,1-2H3. The molecule has 0 heterocycles. The van der Waals surface area contributed by atoms with Crippen LogP contribution in [-0.4, -0.2) is 6.54 Å². The second-order valence-corrected chi connectivity index (χ2v) is 6.37. The molecule has 0 spiro atoms. The summed E-state index contributed by atoms with van der Waals surface area (Å²) in [6, 6.07) is 13.5.